The van der Waals surface area contributed by atoms with Crippen LogP contribution in [0.2, 0.25) is 0 Å². The second-order valence-corrected chi connectivity index (χ2v) is 7.09. The highest BCUT2D eigenvalue weighted by atomic mass is 16.5. The number of nitrogens with zero attached hydrogens (tertiary/aromatic N) is 2. The zero-order chi connectivity index (χ0) is 21.8. The predicted molar refractivity (Wildman–Crippen MR) is 115 cm³/mol. The van der Waals surface area contributed by atoms with Gasteiger partial charge in [0.25, 0.3) is 5.91 Å². The summed E-state index contributed by atoms with van der Waals surface area (Å²) in [6.45, 7) is 2.23. The molecule has 2 aromatic heterocycles. The van der Waals surface area contributed by atoms with Gasteiger partial charge in [0.2, 0.25) is 5.78 Å². The summed E-state index contributed by atoms with van der Waals surface area (Å²) in [4.78, 5) is 29.0. The van der Waals surface area contributed by atoms with Gasteiger partial charge in [0, 0.05) is 30.7 Å². The molecule has 156 valence electrons. The Labute approximate surface area is 179 Å². The third-order valence-electron chi connectivity index (χ3n) is 4.72. The van der Waals surface area contributed by atoms with E-state index in [1.165, 1.54) is 0 Å². The number of carbonyl (C=O) groups excluding carboxylic acids is 2. The van der Waals surface area contributed by atoms with Crippen LogP contribution in [0, 0.1) is 6.92 Å². The van der Waals surface area contributed by atoms with E-state index in [1.54, 1.807) is 60.4 Å². The van der Waals surface area contributed by atoms with Crippen LogP contribution < -0.4 is 10.1 Å². The van der Waals surface area contributed by atoms with Crippen LogP contribution >= 0.6 is 0 Å². The first-order valence-corrected chi connectivity index (χ1v) is 9.71. The number of ether oxygens (including phenoxy) is 1. The molecule has 0 radical (unpaired) electrons. The van der Waals surface area contributed by atoms with Crippen molar-refractivity contribution in [3.63, 3.8) is 0 Å². The lowest BCUT2D eigenvalue weighted by Crippen LogP contribution is -2.12. The molecule has 0 saturated carbocycles. The summed E-state index contributed by atoms with van der Waals surface area (Å²) < 4.78 is 12.9. The van der Waals surface area contributed by atoms with Crippen molar-refractivity contribution >= 4 is 17.4 Å². The molecule has 2 aromatic carbocycles. The van der Waals surface area contributed by atoms with E-state index >= 15 is 0 Å². The molecule has 0 aliphatic heterocycles. The van der Waals surface area contributed by atoms with E-state index in [4.69, 9.17) is 9.15 Å². The lowest BCUT2D eigenvalue weighted by molar-refractivity contribution is 0.0991. The molecule has 0 aliphatic carbocycles. The van der Waals surface area contributed by atoms with Crippen molar-refractivity contribution in [2.75, 3.05) is 5.32 Å². The fraction of sp³-hybridized carbons (Fsp3) is 0.125. The zero-order valence-electron chi connectivity index (χ0n) is 17.2. The van der Waals surface area contributed by atoms with Crippen molar-refractivity contribution in [3.05, 3.63) is 102 Å². The van der Waals surface area contributed by atoms with Crippen LogP contribution in [-0.4, -0.2) is 21.2 Å². The average molecular weight is 415 g/mol. The van der Waals surface area contributed by atoms with Crippen LogP contribution in [0.5, 0.6) is 5.75 Å². The number of carbonyl (C=O) groups is 2. The smallest absolute Gasteiger partial charge is 0.291 e. The van der Waals surface area contributed by atoms with Gasteiger partial charge in [-0.25, -0.2) is 4.98 Å². The molecule has 1 N–H and O–H groups in total. The minimum absolute atomic E-state index is 0.177. The standard InChI is InChI=1S/C24H21N3O4/c1-16-3-9-19(10-4-16)30-15-20-11-12-21(31-20)24(29)26-18-7-5-17(6-8-18)22(28)23-25-13-14-27(23)2/h3-14H,15H2,1-2H3,(H,26,29). The van der Waals surface area contributed by atoms with Crippen LogP contribution in [0.4, 0.5) is 5.69 Å². The first-order valence-electron chi connectivity index (χ1n) is 9.71. The Bertz CT molecular complexity index is 1200. The highest BCUT2D eigenvalue weighted by Gasteiger charge is 2.15. The second kappa shape index (κ2) is 8.71. The van der Waals surface area contributed by atoms with Gasteiger partial charge in [0.1, 0.15) is 18.1 Å². The monoisotopic (exact) mass is 415 g/mol. The molecular formula is C24H21N3O4. The van der Waals surface area contributed by atoms with E-state index in [0.717, 1.165) is 11.3 Å². The van der Waals surface area contributed by atoms with Gasteiger partial charge < -0.3 is 19.0 Å². The highest BCUT2D eigenvalue weighted by Crippen LogP contribution is 2.17. The van der Waals surface area contributed by atoms with Gasteiger partial charge in [0.15, 0.2) is 11.6 Å². The van der Waals surface area contributed by atoms with Crippen LogP contribution in [-0.2, 0) is 13.7 Å². The molecule has 0 atom stereocenters. The molecule has 7 heteroatoms. The third kappa shape index (κ3) is 4.72. The second-order valence-electron chi connectivity index (χ2n) is 7.09. The van der Waals surface area contributed by atoms with Crippen LogP contribution in [0.3, 0.4) is 0 Å². The quantitative estimate of drug-likeness (QED) is 0.453. The zero-order valence-corrected chi connectivity index (χ0v) is 17.2. The van der Waals surface area contributed by atoms with Crippen molar-refractivity contribution in [1.29, 1.82) is 0 Å². The number of rotatable bonds is 7. The van der Waals surface area contributed by atoms with E-state index in [0.29, 0.717) is 22.8 Å². The van der Waals surface area contributed by atoms with Gasteiger partial charge >= 0.3 is 0 Å². The number of hydrogen-bond donors (Lipinski definition) is 1. The van der Waals surface area contributed by atoms with Gasteiger partial charge in [-0.15, -0.1) is 0 Å². The first kappa shape index (κ1) is 20.2. The molecule has 0 bridgehead atoms. The topological polar surface area (TPSA) is 86.4 Å². The van der Waals surface area contributed by atoms with Crippen molar-refractivity contribution in [2.45, 2.75) is 13.5 Å². The Morgan fingerprint density at radius 2 is 1.77 bits per heavy atom. The number of benzene rings is 2. The molecule has 7 nitrogen and oxygen atoms in total. The first-order chi connectivity index (χ1) is 15.0. The van der Waals surface area contributed by atoms with E-state index in [-0.39, 0.29) is 24.1 Å². The number of furan rings is 1. The molecule has 0 aliphatic rings. The van der Waals surface area contributed by atoms with E-state index < -0.39 is 0 Å². The number of amides is 1. The largest absolute Gasteiger partial charge is 0.486 e. The number of anilines is 1. The maximum atomic E-state index is 12.5. The molecular weight excluding hydrogens is 394 g/mol. The number of ketones is 1. The van der Waals surface area contributed by atoms with Crippen LogP contribution in [0.15, 0.2) is 77.5 Å². The Morgan fingerprint density at radius 3 is 2.45 bits per heavy atom. The van der Waals surface area contributed by atoms with Gasteiger partial charge in [-0.3, -0.25) is 9.59 Å². The van der Waals surface area contributed by atoms with E-state index in [9.17, 15) is 9.59 Å². The Hall–Kier alpha value is -4.13. The van der Waals surface area contributed by atoms with Crippen molar-refractivity contribution in [3.8, 4) is 5.75 Å². The summed E-state index contributed by atoms with van der Waals surface area (Å²) in [6, 6.07) is 17.6. The number of hydrogen-bond acceptors (Lipinski definition) is 5. The van der Waals surface area contributed by atoms with E-state index in [1.807, 2.05) is 31.2 Å². The molecule has 0 spiro atoms. The fourth-order valence-corrected chi connectivity index (χ4v) is 2.98. The molecule has 4 rings (SSSR count). The third-order valence-corrected chi connectivity index (χ3v) is 4.72. The Balaban J connectivity index is 1.35. The summed E-state index contributed by atoms with van der Waals surface area (Å²) in [6.07, 6.45) is 3.29. The summed E-state index contributed by atoms with van der Waals surface area (Å²) in [5.41, 5.74) is 2.19. The fourth-order valence-electron chi connectivity index (χ4n) is 2.98. The molecule has 31 heavy (non-hydrogen) atoms. The Kier molecular flexibility index (Phi) is 5.66. The van der Waals surface area contributed by atoms with Gasteiger partial charge in [-0.05, 0) is 55.5 Å². The molecule has 2 heterocycles. The average Bonchev–Trinajstić information content (AvgIpc) is 3.42. The van der Waals surface area contributed by atoms with Gasteiger partial charge in [-0.2, -0.15) is 0 Å². The molecule has 4 aromatic rings. The van der Waals surface area contributed by atoms with Crippen molar-refractivity contribution < 1.29 is 18.7 Å². The molecule has 0 unspecified atom stereocenters. The lowest BCUT2D eigenvalue weighted by Gasteiger charge is -2.06. The minimum Gasteiger partial charge on any atom is -0.486 e. The summed E-state index contributed by atoms with van der Waals surface area (Å²) in [5, 5.41) is 2.76. The van der Waals surface area contributed by atoms with Gasteiger partial charge in [-0.1, -0.05) is 17.7 Å². The van der Waals surface area contributed by atoms with Crippen LogP contribution in [0.25, 0.3) is 0 Å². The normalized spacial score (nSPS) is 10.6. The Morgan fingerprint density at radius 1 is 1.03 bits per heavy atom. The molecule has 0 saturated heterocycles. The summed E-state index contributed by atoms with van der Waals surface area (Å²) >= 11 is 0. The molecule has 1 amide bonds. The summed E-state index contributed by atoms with van der Waals surface area (Å²) in [7, 11) is 1.76. The predicted octanol–water partition coefficient (Wildman–Crippen LogP) is 4.38. The lowest BCUT2D eigenvalue weighted by atomic mass is 10.1. The SMILES string of the molecule is Cc1ccc(OCc2ccc(C(=O)Nc3ccc(C(=O)c4nccn4C)cc3)o2)cc1. The number of aryl methyl sites for hydroxylation is 2. The number of nitrogens with one attached hydrogen (secondary N) is 1. The minimum atomic E-state index is -0.384. The highest BCUT2D eigenvalue weighted by molar-refractivity contribution is 6.07. The summed E-state index contributed by atoms with van der Waals surface area (Å²) in [5.74, 6) is 1.23. The van der Waals surface area contributed by atoms with Crippen molar-refractivity contribution in [2.24, 2.45) is 7.05 Å². The van der Waals surface area contributed by atoms with Crippen LogP contribution in [0.1, 0.15) is 38.1 Å². The number of aromatic nitrogens is 2. The van der Waals surface area contributed by atoms with Crippen molar-refractivity contribution in [1.82, 2.24) is 9.55 Å². The van der Waals surface area contributed by atoms with E-state index in [2.05, 4.69) is 10.3 Å². The number of imidazole rings is 1. The van der Waals surface area contributed by atoms with Gasteiger partial charge in [0.05, 0.1) is 0 Å². The maximum absolute atomic E-state index is 12.5. The molecule has 0 fully saturated rings. The maximum Gasteiger partial charge on any atom is 0.291 e.